The van der Waals surface area contributed by atoms with Crippen molar-refractivity contribution >= 4 is 5.97 Å². The number of carbonyl (C=O) groups is 1. The first-order valence-electron chi connectivity index (χ1n) is 11.7. The first-order chi connectivity index (χ1) is 13.2. The molecule has 0 amide bonds. The molecule has 0 bridgehead atoms. The number of hydrogen-bond donors (Lipinski definition) is 3. The molecule has 2 unspecified atom stereocenters. The number of carboxylic acids is 1. The van der Waals surface area contributed by atoms with Crippen LogP contribution in [0, 0.1) is 46.3 Å². The van der Waals surface area contributed by atoms with Crippen LogP contribution in [0.15, 0.2) is 0 Å². The summed E-state index contributed by atoms with van der Waals surface area (Å²) in [5, 5.41) is 30.5. The zero-order chi connectivity index (χ0) is 20.3. The highest BCUT2D eigenvalue weighted by molar-refractivity contribution is 5.66. The van der Waals surface area contributed by atoms with Gasteiger partial charge in [-0.15, -0.1) is 0 Å². The van der Waals surface area contributed by atoms with Crippen molar-refractivity contribution in [2.24, 2.45) is 46.3 Å². The topological polar surface area (TPSA) is 77.8 Å². The smallest absolute Gasteiger partial charge is 0.303 e. The summed E-state index contributed by atoms with van der Waals surface area (Å²) in [7, 11) is 0. The van der Waals surface area contributed by atoms with E-state index >= 15 is 0 Å². The van der Waals surface area contributed by atoms with Crippen molar-refractivity contribution in [1.29, 1.82) is 0 Å². The summed E-state index contributed by atoms with van der Waals surface area (Å²) in [6.07, 6.45) is 9.19. The van der Waals surface area contributed by atoms with Gasteiger partial charge in [0.1, 0.15) is 0 Å². The lowest BCUT2D eigenvalue weighted by atomic mass is 9.43. The first kappa shape index (κ1) is 20.7. The fourth-order valence-corrected chi connectivity index (χ4v) is 8.73. The Bertz CT molecular complexity index is 605. The molecular weight excluding hydrogens is 352 g/mol. The van der Waals surface area contributed by atoms with Crippen molar-refractivity contribution < 1.29 is 20.1 Å². The lowest BCUT2D eigenvalue weighted by molar-refractivity contribution is -0.174. The fraction of sp³-hybridized carbons (Fsp3) is 0.958. The molecule has 4 nitrogen and oxygen atoms in total. The molecule has 4 aliphatic carbocycles. The van der Waals surface area contributed by atoms with Gasteiger partial charge in [0.05, 0.1) is 12.2 Å². The number of aliphatic hydroxyl groups excluding tert-OH is 2. The molecule has 4 saturated carbocycles. The number of fused-ring (bicyclic) bond motifs is 5. The Hall–Kier alpha value is -0.610. The van der Waals surface area contributed by atoms with Crippen molar-refractivity contribution in [3.05, 3.63) is 0 Å². The van der Waals surface area contributed by atoms with Gasteiger partial charge in [-0.05, 0) is 104 Å². The lowest BCUT2D eigenvalue weighted by Gasteiger charge is -2.62. The van der Waals surface area contributed by atoms with Gasteiger partial charge in [-0.3, -0.25) is 4.79 Å². The normalized spacial score (nSPS) is 51.7. The molecule has 28 heavy (non-hydrogen) atoms. The third-order valence-electron chi connectivity index (χ3n) is 10.2. The van der Waals surface area contributed by atoms with Gasteiger partial charge in [0.25, 0.3) is 0 Å². The van der Waals surface area contributed by atoms with E-state index in [0.29, 0.717) is 35.5 Å². The first-order valence-corrected chi connectivity index (χ1v) is 11.7. The molecule has 4 fully saturated rings. The Kier molecular flexibility index (Phi) is 5.36. The Morgan fingerprint density at radius 1 is 1.00 bits per heavy atom. The summed E-state index contributed by atoms with van der Waals surface area (Å²) >= 11 is 0. The van der Waals surface area contributed by atoms with Crippen molar-refractivity contribution in [2.45, 2.75) is 97.2 Å². The molecule has 0 radical (unpaired) electrons. The average Bonchev–Trinajstić information content (AvgIpc) is 2.98. The standard InChI is InChI=1S/C24H40O4/c1-14(4-7-21(27)28)17-5-6-18-22-19(9-11-24(17,18)3)23(2)10-8-16(25)12-15(23)13-20(22)26/h14-20,22,25-26H,4-13H2,1-3H3,(H,27,28)/t14?,15-,16+,17+,18-,19?,20+,22-,23-,24+/m0/s1. The van der Waals surface area contributed by atoms with E-state index in [2.05, 4.69) is 20.8 Å². The summed E-state index contributed by atoms with van der Waals surface area (Å²) in [4.78, 5) is 11.1. The number of aliphatic carboxylic acids is 1. The molecule has 0 aromatic carbocycles. The highest BCUT2D eigenvalue weighted by Gasteiger charge is 2.62. The largest absolute Gasteiger partial charge is 0.481 e. The van der Waals surface area contributed by atoms with Crippen molar-refractivity contribution in [3.63, 3.8) is 0 Å². The summed E-state index contributed by atoms with van der Waals surface area (Å²) in [6, 6.07) is 0. The Labute approximate surface area is 170 Å². The molecule has 0 saturated heterocycles. The number of carboxylic acid groups (broad SMARTS) is 1. The van der Waals surface area contributed by atoms with Crippen LogP contribution < -0.4 is 0 Å². The molecule has 3 N–H and O–H groups in total. The molecule has 0 heterocycles. The second-order valence-corrected chi connectivity index (χ2v) is 11.4. The minimum absolute atomic E-state index is 0.179. The molecule has 0 aliphatic heterocycles. The predicted molar refractivity (Wildman–Crippen MR) is 109 cm³/mol. The summed E-state index contributed by atoms with van der Waals surface area (Å²) in [5.74, 6) is 2.36. The van der Waals surface area contributed by atoms with Gasteiger partial charge in [0.15, 0.2) is 0 Å². The molecule has 10 atom stereocenters. The average molecular weight is 393 g/mol. The van der Waals surface area contributed by atoms with Crippen LogP contribution in [0.25, 0.3) is 0 Å². The molecule has 4 aliphatic rings. The summed E-state index contributed by atoms with van der Waals surface area (Å²) in [5.41, 5.74) is 0.523. The van der Waals surface area contributed by atoms with E-state index in [1.807, 2.05) is 0 Å². The molecule has 0 aromatic rings. The van der Waals surface area contributed by atoms with Crippen molar-refractivity contribution in [2.75, 3.05) is 0 Å². The highest BCUT2D eigenvalue weighted by atomic mass is 16.4. The second kappa shape index (κ2) is 7.27. The van der Waals surface area contributed by atoms with Crippen LogP contribution >= 0.6 is 0 Å². The maximum Gasteiger partial charge on any atom is 0.303 e. The minimum atomic E-state index is -0.684. The number of hydrogen-bond acceptors (Lipinski definition) is 3. The van der Waals surface area contributed by atoms with E-state index in [-0.39, 0.29) is 29.5 Å². The van der Waals surface area contributed by atoms with Crippen LogP contribution in [0.5, 0.6) is 0 Å². The van der Waals surface area contributed by atoms with Crippen LogP contribution in [-0.2, 0) is 4.79 Å². The van der Waals surface area contributed by atoms with Crippen LogP contribution in [0.3, 0.4) is 0 Å². The van der Waals surface area contributed by atoms with Crippen LogP contribution in [-0.4, -0.2) is 33.5 Å². The predicted octanol–water partition coefficient (Wildman–Crippen LogP) is 4.48. The number of aliphatic hydroxyl groups is 2. The molecule has 4 heteroatoms. The molecule has 4 rings (SSSR count). The van der Waals surface area contributed by atoms with Gasteiger partial charge in [-0.1, -0.05) is 20.8 Å². The van der Waals surface area contributed by atoms with Gasteiger partial charge >= 0.3 is 5.97 Å². The molecule has 0 spiro atoms. The van der Waals surface area contributed by atoms with Gasteiger partial charge in [0, 0.05) is 6.42 Å². The Balaban J connectivity index is 1.55. The van der Waals surface area contributed by atoms with E-state index in [1.165, 1.54) is 25.7 Å². The van der Waals surface area contributed by atoms with Gasteiger partial charge < -0.3 is 15.3 Å². The third-order valence-corrected chi connectivity index (χ3v) is 10.2. The van der Waals surface area contributed by atoms with E-state index in [4.69, 9.17) is 5.11 Å². The van der Waals surface area contributed by atoms with Gasteiger partial charge in [-0.25, -0.2) is 0 Å². The second-order valence-electron chi connectivity index (χ2n) is 11.4. The van der Waals surface area contributed by atoms with E-state index in [0.717, 1.165) is 32.1 Å². The van der Waals surface area contributed by atoms with E-state index in [9.17, 15) is 15.0 Å². The van der Waals surface area contributed by atoms with Crippen LogP contribution in [0.4, 0.5) is 0 Å². The zero-order valence-corrected chi connectivity index (χ0v) is 17.9. The molecule has 0 aromatic heterocycles. The monoisotopic (exact) mass is 392 g/mol. The zero-order valence-electron chi connectivity index (χ0n) is 17.9. The summed E-state index contributed by atoms with van der Waals surface area (Å²) < 4.78 is 0. The molecule has 160 valence electrons. The lowest BCUT2D eigenvalue weighted by Crippen LogP contribution is -2.58. The molecular formula is C24H40O4. The maximum absolute atomic E-state index is 11.2. The van der Waals surface area contributed by atoms with Crippen LogP contribution in [0.2, 0.25) is 0 Å². The minimum Gasteiger partial charge on any atom is -0.481 e. The van der Waals surface area contributed by atoms with E-state index in [1.54, 1.807) is 0 Å². The Morgan fingerprint density at radius 2 is 1.68 bits per heavy atom. The fourth-order valence-electron chi connectivity index (χ4n) is 8.73. The van der Waals surface area contributed by atoms with Crippen LogP contribution in [0.1, 0.15) is 85.0 Å². The summed E-state index contributed by atoms with van der Waals surface area (Å²) in [6.45, 7) is 7.16. The maximum atomic E-state index is 11.2. The van der Waals surface area contributed by atoms with Gasteiger partial charge in [0.2, 0.25) is 0 Å². The van der Waals surface area contributed by atoms with Gasteiger partial charge in [-0.2, -0.15) is 0 Å². The third kappa shape index (κ3) is 3.14. The highest BCUT2D eigenvalue weighted by Crippen LogP contribution is 2.68. The van der Waals surface area contributed by atoms with E-state index < -0.39 is 5.97 Å². The number of rotatable bonds is 4. The Morgan fingerprint density at radius 3 is 2.39 bits per heavy atom. The van der Waals surface area contributed by atoms with Crippen molar-refractivity contribution in [3.8, 4) is 0 Å². The van der Waals surface area contributed by atoms with Crippen molar-refractivity contribution in [1.82, 2.24) is 0 Å². The SMILES string of the molecule is CC(CCC(=O)O)[C@H]1CC[C@H]2[C@H]3C(CC[C@]12C)[C@@]1(C)CC[C@@H](O)C[C@H]1C[C@H]3O. The quantitative estimate of drug-likeness (QED) is 0.659.